The van der Waals surface area contributed by atoms with E-state index < -0.39 is 100 Å². The number of fused-ring (bicyclic) bond motifs is 5. The summed E-state index contributed by atoms with van der Waals surface area (Å²) >= 11 is 0.380. The van der Waals surface area contributed by atoms with E-state index in [0.717, 1.165) is 21.8 Å². The van der Waals surface area contributed by atoms with Gasteiger partial charge in [-0.3, -0.25) is 51.6 Å². The molecule has 0 amide bonds. The predicted molar refractivity (Wildman–Crippen MR) is 181 cm³/mol. The Kier molecular flexibility index (Phi) is 10.5. The highest BCUT2D eigenvalue weighted by atomic mass is 32.7. The third-order valence-corrected chi connectivity index (χ3v) is 12.7. The number of alkyl halides is 1. The number of esters is 1. The average molecular weight is 823 g/mol. The normalized spacial score (nSPS) is 33.4. The molecule has 4 unspecified atom stereocenters. The zero-order valence-electron chi connectivity index (χ0n) is 28.0. The van der Waals surface area contributed by atoms with Crippen molar-refractivity contribution in [2.24, 2.45) is 5.92 Å². The molecule has 0 spiro atoms. The minimum atomic E-state index is -5.24. The molecule has 7 rings (SSSR count). The number of hydrogen-bond donors (Lipinski definition) is 6. The Morgan fingerprint density at radius 2 is 1.56 bits per heavy atom. The molecule has 2 bridgehead atoms. The van der Waals surface area contributed by atoms with E-state index >= 15 is 4.39 Å². The number of hydrogen-bond acceptors (Lipinski definition) is 20. The number of rotatable bonds is 7. The monoisotopic (exact) mass is 822 g/mol. The van der Waals surface area contributed by atoms with Crippen molar-refractivity contribution in [1.29, 1.82) is 0 Å². The van der Waals surface area contributed by atoms with Crippen molar-refractivity contribution in [2.45, 2.75) is 69.4 Å². The van der Waals surface area contributed by atoms with Crippen LogP contribution in [0.3, 0.4) is 0 Å². The van der Waals surface area contributed by atoms with Crippen LogP contribution in [-0.2, 0) is 46.2 Å². The van der Waals surface area contributed by atoms with Crippen molar-refractivity contribution >= 4 is 66.2 Å². The minimum absolute atomic E-state index is 0.0270. The number of nitrogens with two attached hydrogens (primary N) is 2. The number of phosphoric acid groups is 1. The molecule has 0 saturated carbocycles. The van der Waals surface area contributed by atoms with Crippen molar-refractivity contribution < 1.29 is 60.6 Å². The van der Waals surface area contributed by atoms with Gasteiger partial charge >= 0.3 is 20.6 Å². The average Bonchev–Trinajstić information content (AvgIpc) is 3.84. The van der Waals surface area contributed by atoms with Gasteiger partial charge in [0.1, 0.15) is 36.5 Å². The first-order valence-electron chi connectivity index (χ1n) is 16.0. The van der Waals surface area contributed by atoms with Gasteiger partial charge in [0.2, 0.25) is 11.9 Å². The van der Waals surface area contributed by atoms with Crippen LogP contribution in [0.2, 0.25) is 0 Å². The van der Waals surface area contributed by atoms with Crippen LogP contribution in [0.1, 0.15) is 32.7 Å². The second-order valence-corrected chi connectivity index (χ2v) is 18.0. The number of aromatic amines is 2. The molecule has 4 aromatic rings. The second-order valence-electron chi connectivity index (χ2n) is 12.6. The van der Waals surface area contributed by atoms with Gasteiger partial charge in [-0.2, -0.15) is 9.97 Å². The van der Waals surface area contributed by atoms with Gasteiger partial charge in [-0.15, -0.1) is 0 Å². The Morgan fingerprint density at radius 3 is 2.17 bits per heavy atom. The summed E-state index contributed by atoms with van der Waals surface area (Å²) in [5.41, 5.74) is 9.20. The van der Waals surface area contributed by atoms with Gasteiger partial charge < -0.3 is 35.7 Å². The van der Waals surface area contributed by atoms with Crippen LogP contribution in [0, 0.1) is 5.92 Å². The fourth-order valence-electron chi connectivity index (χ4n) is 5.94. The number of halogens is 1. The molecule has 10 atom stereocenters. The zero-order chi connectivity index (χ0) is 38.7. The number of phosphoric ester groups is 1. The van der Waals surface area contributed by atoms with Crippen molar-refractivity contribution in [3.05, 3.63) is 33.4 Å². The van der Waals surface area contributed by atoms with Crippen LogP contribution >= 0.6 is 26.0 Å². The molecule has 24 nitrogen and oxygen atoms in total. The Bertz CT molecular complexity index is 2290. The second kappa shape index (κ2) is 14.7. The lowest BCUT2D eigenvalue weighted by atomic mass is 10.1. The SMILES string of the molecule is CC(C)CC(=O)OCSP1(=O)OC[C@H]2O[C@@H](n3cnc4c(=O)[nH]c(N)nc43)[C@@H](F)C2OP(=O)(O)OC[C@H]2O[C@@H](n3cnc4c(=O)[nH]c(N)nc43)C(O1)[C@H]2O. The Balaban J connectivity index is 1.24. The summed E-state index contributed by atoms with van der Waals surface area (Å²) in [6.07, 6.45) is -12.0. The smallest absolute Gasteiger partial charge is 0.454 e. The molecule has 4 aromatic heterocycles. The minimum Gasteiger partial charge on any atom is -0.454 e. The fraction of sp³-hybridized carbons (Fsp3) is 0.577. The topological polar surface area (TPSA) is 335 Å². The molecule has 7 heterocycles. The number of aliphatic hydroxyl groups is 1. The summed E-state index contributed by atoms with van der Waals surface area (Å²) in [4.78, 5) is 68.5. The maximum atomic E-state index is 16.3. The molecular formula is C26H33FN10O14P2S. The Hall–Kier alpha value is -3.81. The van der Waals surface area contributed by atoms with E-state index in [-0.39, 0.29) is 46.6 Å². The summed E-state index contributed by atoms with van der Waals surface area (Å²) < 4.78 is 85.4. The van der Waals surface area contributed by atoms with Gasteiger partial charge in [-0.05, 0) is 5.92 Å². The lowest BCUT2D eigenvalue weighted by molar-refractivity contribution is -0.142. The van der Waals surface area contributed by atoms with Gasteiger partial charge in [0, 0.05) is 17.8 Å². The van der Waals surface area contributed by atoms with E-state index in [4.69, 9.17) is 43.8 Å². The first kappa shape index (κ1) is 38.5. The summed E-state index contributed by atoms with van der Waals surface area (Å²) in [6.45, 7) is -2.86. The van der Waals surface area contributed by atoms with Crippen LogP contribution in [-0.4, -0.2) is 111 Å². The number of H-pyrrole nitrogens is 2. The highest BCUT2D eigenvalue weighted by molar-refractivity contribution is 8.55. The van der Waals surface area contributed by atoms with E-state index in [1.807, 2.05) is 0 Å². The number of carbonyl (C=O) groups is 1. The maximum absolute atomic E-state index is 16.3. The molecule has 8 N–H and O–H groups in total. The third-order valence-electron chi connectivity index (χ3n) is 8.34. The van der Waals surface area contributed by atoms with Gasteiger partial charge in [-0.1, -0.05) is 13.8 Å². The summed E-state index contributed by atoms with van der Waals surface area (Å²) in [7, 11) is -5.24. The number of aliphatic hydroxyl groups excluding tert-OH is 1. The number of carbonyl (C=O) groups excluding carboxylic acids is 1. The highest BCUT2D eigenvalue weighted by Crippen LogP contribution is 2.64. The van der Waals surface area contributed by atoms with E-state index in [0.29, 0.717) is 11.4 Å². The first-order valence-corrected chi connectivity index (χ1v) is 20.6. The van der Waals surface area contributed by atoms with E-state index in [9.17, 15) is 33.5 Å². The van der Waals surface area contributed by atoms with E-state index in [1.165, 1.54) is 0 Å². The Labute approximate surface area is 304 Å². The van der Waals surface area contributed by atoms with Crippen molar-refractivity contribution in [1.82, 2.24) is 39.0 Å². The summed E-state index contributed by atoms with van der Waals surface area (Å²) in [6, 6.07) is 0. The van der Waals surface area contributed by atoms with E-state index in [2.05, 4.69) is 29.9 Å². The van der Waals surface area contributed by atoms with Crippen LogP contribution in [0.5, 0.6) is 0 Å². The number of anilines is 2. The van der Waals surface area contributed by atoms with E-state index in [1.54, 1.807) is 13.8 Å². The first-order chi connectivity index (χ1) is 25.5. The van der Waals surface area contributed by atoms with Gasteiger partial charge in [0.15, 0.2) is 41.0 Å². The fourth-order valence-corrected chi connectivity index (χ4v) is 9.70. The molecule has 0 aromatic carbocycles. The maximum Gasteiger partial charge on any atom is 0.472 e. The quantitative estimate of drug-likeness (QED) is 0.0824. The van der Waals surface area contributed by atoms with Crippen molar-refractivity contribution in [3.8, 4) is 0 Å². The van der Waals surface area contributed by atoms with Crippen LogP contribution in [0.25, 0.3) is 22.3 Å². The zero-order valence-corrected chi connectivity index (χ0v) is 30.6. The lowest BCUT2D eigenvalue weighted by Crippen LogP contribution is -2.35. The number of ether oxygens (including phenoxy) is 3. The Morgan fingerprint density at radius 1 is 0.981 bits per heavy atom. The molecule has 0 aliphatic carbocycles. The number of nitrogen functional groups attached to an aromatic ring is 2. The number of nitrogens with zero attached hydrogens (tertiary/aromatic N) is 6. The van der Waals surface area contributed by atoms with Crippen LogP contribution < -0.4 is 22.6 Å². The number of nitrogens with one attached hydrogen (secondary N) is 2. The van der Waals surface area contributed by atoms with Gasteiger partial charge in [0.05, 0.1) is 25.9 Å². The number of imidazole rings is 2. The predicted octanol–water partition coefficient (Wildman–Crippen LogP) is 0.217. The highest BCUT2D eigenvalue weighted by Gasteiger charge is 2.55. The van der Waals surface area contributed by atoms with Crippen molar-refractivity contribution in [3.63, 3.8) is 0 Å². The molecule has 3 aliphatic rings. The van der Waals surface area contributed by atoms with Crippen molar-refractivity contribution in [2.75, 3.05) is 30.6 Å². The van der Waals surface area contributed by atoms with Crippen LogP contribution in [0.15, 0.2) is 22.2 Å². The number of aromatic nitrogens is 8. The van der Waals surface area contributed by atoms with Gasteiger partial charge in [-0.25, -0.2) is 23.5 Å². The molecule has 3 fully saturated rings. The standard InChI is InChI=1S/C26H33FN10O14P2S/c1-9(2)3-12(38)45-8-54-53(44)47-5-11-17(13(27)23(49-11)36-6-30-14-19(36)32-25(28)34-21(14)40)50-52(42,43)46-4-10-16(39)18(51-53)24(48-10)37-7-31-15-20(37)33-26(29)35-22(15)41/h6-7,9-11,13,16-18,23-24,39H,3-5,8H2,1-2H3,(H,42,43)(H3,28,32,34,40)(H3,29,33,35,41)/t10-,11-,13+,16+,17?,18?,23-,24-,53?/m1/s1. The summed E-state index contributed by atoms with van der Waals surface area (Å²) in [5.74, 6) is -1.92. The molecule has 3 aliphatic heterocycles. The molecule has 0 radical (unpaired) electrons. The molecule has 54 heavy (non-hydrogen) atoms. The molecular weight excluding hydrogens is 789 g/mol. The van der Waals surface area contributed by atoms with Gasteiger partial charge in [0.25, 0.3) is 11.1 Å². The molecule has 28 heteroatoms. The van der Waals surface area contributed by atoms with Crippen LogP contribution in [0.4, 0.5) is 16.3 Å². The summed E-state index contributed by atoms with van der Waals surface area (Å²) in [5, 5.41) is 11.4. The third kappa shape index (κ3) is 7.55. The largest absolute Gasteiger partial charge is 0.472 e. The molecule has 294 valence electrons. The lowest BCUT2D eigenvalue weighted by Gasteiger charge is -2.27. The molecule has 3 saturated heterocycles.